The van der Waals surface area contributed by atoms with Gasteiger partial charge in [0.15, 0.2) is 0 Å². The zero-order valence-corrected chi connectivity index (χ0v) is 48.0. The Morgan fingerprint density at radius 2 is 0.684 bits per heavy atom. The second-order valence-electron chi connectivity index (χ2n) is 28.3. The van der Waals surface area contributed by atoms with E-state index in [4.69, 9.17) is 0 Å². The average molecular weight is 1030 g/mol. The molecule has 4 fully saturated rings. The van der Waals surface area contributed by atoms with Crippen LogP contribution in [0.1, 0.15) is 168 Å². The minimum absolute atomic E-state index is 0.00217. The van der Waals surface area contributed by atoms with E-state index in [-0.39, 0.29) is 16.2 Å². The minimum atomic E-state index is -0.549. The maximum absolute atomic E-state index is 2.62. The van der Waals surface area contributed by atoms with Crippen LogP contribution in [0, 0.1) is 17.8 Å². The third-order valence-corrected chi connectivity index (χ3v) is 20.6. The van der Waals surface area contributed by atoms with Crippen LogP contribution in [0.2, 0.25) is 0 Å². The van der Waals surface area contributed by atoms with Crippen LogP contribution in [0.4, 0.5) is 17.1 Å². The van der Waals surface area contributed by atoms with Gasteiger partial charge in [-0.25, -0.2) is 0 Å². The monoisotopic (exact) mass is 1030 g/mol. The van der Waals surface area contributed by atoms with Gasteiger partial charge in [0.05, 0.1) is 10.8 Å². The molecule has 1 heteroatoms. The van der Waals surface area contributed by atoms with Crippen LogP contribution in [0.5, 0.6) is 0 Å². The number of anilines is 3. The summed E-state index contributed by atoms with van der Waals surface area (Å²) in [6.45, 7) is 21.1. The molecule has 0 aliphatic heterocycles. The van der Waals surface area contributed by atoms with Gasteiger partial charge in [0.2, 0.25) is 0 Å². The number of rotatable bonds is 6. The van der Waals surface area contributed by atoms with Crippen molar-refractivity contribution in [3.63, 3.8) is 0 Å². The smallest absolute Gasteiger partial charge is 0.0726 e. The molecule has 392 valence electrons. The van der Waals surface area contributed by atoms with E-state index in [0.717, 1.165) is 17.8 Å². The Balaban J connectivity index is 0.975. The number of benzene rings is 9. The van der Waals surface area contributed by atoms with Crippen LogP contribution in [-0.4, -0.2) is 0 Å². The maximum Gasteiger partial charge on any atom is 0.0726 e. The third kappa shape index (κ3) is 7.06. The molecule has 0 heterocycles. The van der Waals surface area contributed by atoms with E-state index in [1.54, 1.807) is 5.56 Å². The van der Waals surface area contributed by atoms with Crippen LogP contribution in [0.3, 0.4) is 0 Å². The Hall–Kier alpha value is -7.22. The summed E-state index contributed by atoms with van der Waals surface area (Å²) in [6.07, 6.45) is 8.43. The molecule has 4 bridgehead atoms. The van der Waals surface area contributed by atoms with Gasteiger partial charge >= 0.3 is 0 Å². The number of nitrogens with zero attached hydrogens (tertiary/aromatic N) is 1. The normalized spacial score (nSPS) is 22.5. The van der Waals surface area contributed by atoms with Gasteiger partial charge in [-0.05, 0) is 214 Å². The second-order valence-corrected chi connectivity index (χ2v) is 28.3. The summed E-state index contributed by atoms with van der Waals surface area (Å²) in [6, 6.07) is 79.5. The second kappa shape index (κ2) is 16.9. The van der Waals surface area contributed by atoms with Gasteiger partial charge in [-0.2, -0.15) is 0 Å². The highest BCUT2D eigenvalue weighted by atomic mass is 15.1. The highest BCUT2D eigenvalue weighted by Crippen LogP contribution is 2.65. The molecule has 1 nitrogen and oxygen atoms in total. The van der Waals surface area contributed by atoms with E-state index in [1.807, 2.05) is 0 Å². The van der Waals surface area contributed by atoms with Crippen molar-refractivity contribution in [2.75, 3.05) is 4.90 Å². The van der Waals surface area contributed by atoms with Gasteiger partial charge in [0.1, 0.15) is 0 Å². The lowest BCUT2D eigenvalue weighted by Gasteiger charge is -2.57. The standard InChI is InChI=1S/C78H75N/c1-73(2,3)52-23-25-55(26-24-52)77(54-17-11-10-12-18-54)67-21-15-13-19-61(67)63-35-33-59(44-71(63)77)79(58-31-27-53(28-32-58)76-46-49-39-50(47-76)41-51(40-49)48-76)60-34-36-64-62-20-14-16-22-68(62)78(72(64)45-60)69-37-29-56(74(4,5)6)42-65(69)66-43-57(75(7,8)9)30-38-70(66)78/h10-38,42-45,49-51H,39-41,46-48H2,1-9H3. The lowest BCUT2D eigenvalue weighted by atomic mass is 9.48. The van der Waals surface area contributed by atoms with Crippen molar-refractivity contribution in [2.45, 2.75) is 133 Å². The van der Waals surface area contributed by atoms with Gasteiger partial charge in [0, 0.05) is 17.1 Å². The lowest BCUT2D eigenvalue weighted by molar-refractivity contribution is -0.00518. The number of fused-ring (bicyclic) bond motifs is 13. The first kappa shape index (κ1) is 48.9. The summed E-state index contributed by atoms with van der Waals surface area (Å²) >= 11 is 0. The van der Waals surface area contributed by atoms with Crippen LogP contribution in [0.25, 0.3) is 33.4 Å². The van der Waals surface area contributed by atoms with Crippen molar-refractivity contribution in [3.8, 4) is 33.4 Å². The summed E-state index contributed by atoms with van der Waals surface area (Å²) in [5.74, 6) is 2.67. The molecule has 0 amide bonds. The molecule has 1 unspecified atom stereocenters. The van der Waals surface area contributed by atoms with Crippen molar-refractivity contribution >= 4 is 17.1 Å². The SMILES string of the molecule is CC(C)(C)c1ccc(C2(c3ccccc3)c3ccccc3-c3ccc(N(c4ccc(C56CC7CC(CC(C7)C5)C6)cc4)c4ccc5c(c4)C4(c6ccccc6-5)c5ccc(C(C)(C)C)cc5-c5cc(C(C)(C)C)ccc54)cc32)cc1. The summed E-state index contributed by atoms with van der Waals surface area (Å²) in [5, 5.41) is 0. The van der Waals surface area contributed by atoms with E-state index in [2.05, 4.69) is 267 Å². The molecule has 9 aromatic carbocycles. The van der Waals surface area contributed by atoms with E-state index < -0.39 is 10.8 Å². The zero-order chi connectivity index (χ0) is 54.0. The van der Waals surface area contributed by atoms with Crippen molar-refractivity contribution in [1.82, 2.24) is 0 Å². The predicted molar refractivity (Wildman–Crippen MR) is 331 cm³/mol. The maximum atomic E-state index is 2.62. The summed E-state index contributed by atoms with van der Waals surface area (Å²) in [4.78, 5) is 2.62. The Morgan fingerprint density at radius 1 is 0.304 bits per heavy atom. The molecule has 0 saturated heterocycles. The molecule has 0 aromatic heterocycles. The van der Waals surface area contributed by atoms with Gasteiger partial charge in [0.25, 0.3) is 0 Å². The topological polar surface area (TPSA) is 3.24 Å². The van der Waals surface area contributed by atoms with Crippen molar-refractivity contribution in [3.05, 3.63) is 267 Å². The molecular weight excluding hydrogens is 951 g/mol. The summed E-state index contributed by atoms with van der Waals surface area (Å²) in [7, 11) is 0. The van der Waals surface area contributed by atoms with Crippen LogP contribution in [0.15, 0.2) is 200 Å². The molecule has 1 atom stereocenters. The largest absolute Gasteiger partial charge is 0.310 e. The van der Waals surface area contributed by atoms with Gasteiger partial charge < -0.3 is 4.90 Å². The average Bonchev–Trinajstić information content (AvgIpc) is 1.84. The Kier molecular flexibility index (Phi) is 10.5. The Morgan fingerprint density at radius 3 is 1.18 bits per heavy atom. The predicted octanol–water partition coefficient (Wildman–Crippen LogP) is 20.2. The molecule has 7 aliphatic carbocycles. The lowest BCUT2D eigenvalue weighted by Crippen LogP contribution is -2.48. The molecule has 0 radical (unpaired) electrons. The Bertz CT molecular complexity index is 3820. The fourth-order valence-corrected chi connectivity index (χ4v) is 17.2. The van der Waals surface area contributed by atoms with Crippen LogP contribution in [-0.2, 0) is 32.5 Å². The molecule has 4 saturated carbocycles. The van der Waals surface area contributed by atoms with Crippen molar-refractivity contribution in [1.29, 1.82) is 0 Å². The molecular formula is C78H75N. The first-order chi connectivity index (χ1) is 37.9. The number of hydrogen-bond donors (Lipinski definition) is 0. The first-order valence-corrected chi connectivity index (χ1v) is 29.8. The molecule has 0 N–H and O–H groups in total. The quantitative estimate of drug-likeness (QED) is 0.160. The first-order valence-electron chi connectivity index (χ1n) is 29.8. The highest BCUT2D eigenvalue weighted by Gasteiger charge is 2.54. The molecule has 16 rings (SSSR count). The molecule has 79 heavy (non-hydrogen) atoms. The van der Waals surface area contributed by atoms with Crippen LogP contribution < -0.4 is 4.90 Å². The van der Waals surface area contributed by atoms with Crippen molar-refractivity contribution in [2.24, 2.45) is 17.8 Å². The van der Waals surface area contributed by atoms with Gasteiger partial charge in [-0.3, -0.25) is 0 Å². The summed E-state index contributed by atoms with van der Waals surface area (Å²) < 4.78 is 0. The van der Waals surface area contributed by atoms with Gasteiger partial charge in [-0.1, -0.05) is 226 Å². The number of hydrogen-bond acceptors (Lipinski definition) is 1. The van der Waals surface area contributed by atoms with Crippen molar-refractivity contribution < 1.29 is 0 Å². The van der Waals surface area contributed by atoms with Gasteiger partial charge in [-0.15, -0.1) is 0 Å². The van der Waals surface area contributed by atoms with Crippen LogP contribution >= 0.6 is 0 Å². The molecule has 9 aromatic rings. The van der Waals surface area contributed by atoms with E-state index in [0.29, 0.717) is 5.41 Å². The molecule has 1 spiro atoms. The van der Waals surface area contributed by atoms with E-state index in [9.17, 15) is 0 Å². The summed E-state index contributed by atoms with van der Waals surface area (Å²) in [5.41, 5.74) is 27.2. The third-order valence-electron chi connectivity index (χ3n) is 20.6. The fraction of sp³-hybridized carbons (Fsp3) is 0.308. The highest BCUT2D eigenvalue weighted by molar-refractivity contribution is 5.97. The fourth-order valence-electron chi connectivity index (χ4n) is 17.2. The molecule has 7 aliphatic rings. The van der Waals surface area contributed by atoms with E-state index in [1.165, 1.54) is 150 Å². The zero-order valence-electron chi connectivity index (χ0n) is 48.0. The van der Waals surface area contributed by atoms with E-state index >= 15 is 0 Å². The minimum Gasteiger partial charge on any atom is -0.310 e. The Labute approximate surface area is 470 Å².